The second kappa shape index (κ2) is 1.26. The molecule has 0 aliphatic heterocycles. The fraction of sp³-hybridized carbons (Fsp3) is 0.250. The van der Waals surface area contributed by atoms with Gasteiger partial charge in [0, 0.05) is 13.2 Å². The second-order valence-electron chi connectivity index (χ2n) is 1.31. The summed E-state index contributed by atoms with van der Waals surface area (Å²) in [5.74, 6) is 0. The number of hydrogen-bond acceptors (Lipinski definition) is 1. The van der Waals surface area contributed by atoms with Gasteiger partial charge in [0.15, 0.2) is 0 Å². The zero-order chi connectivity index (χ0) is 5.28. The van der Waals surface area contributed by atoms with Gasteiger partial charge in [0.1, 0.15) is 0 Å². The molecule has 0 amide bonds. The maximum absolute atomic E-state index is 10.3. The highest BCUT2D eigenvalue weighted by Crippen LogP contribution is 1.63. The van der Waals surface area contributed by atoms with Crippen molar-refractivity contribution in [3.8, 4) is 0 Å². The summed E-state index contributed by atoms with van der Waals surface area (Å²) in [6.07, 6.45) is 4.07. The second-order valence-corrected chi connectivity index (χ2v) is 1.31. The maximum atomic E-state index is 10.3. The van der Waals surface area contributed by atoms with E-state index in [2.05, 4.69) is 11.2 Å². The first kappa shape index (κ1) is 4.18. The molecule has 0 spiro atoms. The molecule has 1 rings (SSSR count). The van der Waals surface area contributed by atoms with Crippen molar-refractivity contribution in [2.75, 3.05) is 0 Å². The highest BCUT2D eigenvalue weighted by molar-refractivity contribution is 4.69. The van der Waals surface area contributed by atoms with Gasteiger partial charge in [0.05, 0.1) is 6.20 Å². The van der Waals surface area contributed by atoms with Crippen molar-refractivity contribution in [1.29, 1.82) is 0 Å². The summed E-state index contributed by atoms with van der Waals surface area (Å²) in [6.45, 7) is 0. The number of nitrogens with one attached hydrogen (secondary N) is 1. The number of aromatic nitrogens is 2. The van der Waals surface area contributed by atoms with E-state index in [-0.39, 0.29) is 5.69 Å². The normalized spacial score (nSPS) is 9.29. The monoisotopic (exact) mass is 97.0 g/mol. The number of rotatable bonds is 0. The zero-order valence-electron chi connectivity index (χ0n) is 3.93. The van der Waals surface area contributed by atoms with Crippen LogP contribution < -0.4 is 5.69 Å². The molecule has 0 saturated carbocycles. The van der Waals surface area contributed by atoms with Gasteiger partial charge in [0.25, 0.3) is 0 Å². The maximum Gasteiger partial charge on any atom is 0.325 e. The van der Waals surface area contributed by atoms with Crippen molar-refractivity contribution in [3.63, 3.8) is 0 Å². The molecule has 0 unspecified atom stereocenters. The zero-order valence-corrected chi connectivity index (χ0v) is 3.93. The molecule has 7 heavy (non-hydrogen) atoms. The summed E-state index contributed by atoms with van der Waals surface area (Å²) >= 11 is 0. The molecule has 0 atom stereocenters. The first-order valence-electron chi connectivity index (χ1n) is 1.92. The summed E-state index contributed by atoms with van der Waals surface area (Å²) in [4.78, 5) is 12.6. The predicted molar refractivity (Wildman–Crippen MR) is 24.9 cm³/mol. The summed E-state index contributed by atoms with van der Waals surface area (Å²) in [5, 5.41) is 0. The largest absolute Gasteiger partial charge is 0.325 e. The predicted octanol–water partition coefficient (Wildman–Crippen LogP) is -0.486. The lowest BCUT2D eigenvalue weighted by Gasteiger charge is -1.76. The van der Waals surface area contributed by atoms with E-state index in [1.807, 2.05) is 0 Å². The molecule has 1 heterocycles. The number of aromatic amines is 1. The van der Waals surface area contributed by atoms with Gasteiger partial charge >= 0.3 is 5.69 Å². The molecule has 1 aromatic heterocycles. The molecular formula is C4H5N2O. The molecule has 0 aliphatic carbocycles. The van der Waals surface area contributed by atoms with E-state index < -0.39 is 0 Å². The van der Waals surface area contributed by atoms with E-state index in [1.54, 1.807) is 13.2 Å². The van der Waals surface area contributed by atoms with E-state index in [9.17, 15) is 4.79 Å². The van der Waals surface area contributed by atoms with Gasteiger partial charge < -0.3 is 9.55 Å². The number of hydrogen-bond donors (Lipinski definition) is 1. The molecule has 3 heteroatoms. The SMILES string of the molecule is Cn1c[c][nH]c1=O. The van der Waals surface area contributed by atoms with Gasteiger partial charge in [-0.05, 0) is 0 Å². The van der Waals surface area contributed by atoms with Crippen LogP contribution in [-0.2, 0) is 7.05 Å². The van der Waals surface area contributed by atoms with Gasteiger partial charge in [-0.2, -0.15) is 0 Å². The molecule has 3 nitrogen and oxygen atoms in total. The Labute approximate surface area is 40.6 Å². The van der Waals surface area contributed by atoms with Crippen LogP contribution in [0.15, 0.2) is 11.0 Å². The Balaban J connectivity index is 3.39. The Morgan fingerprint density at radius 2 is 2.71 bits per heavy atom. The smallest absolute Gasteiger partial charge is 0.304 e. The standard InChI is InChI=1S/C4H5N2O/c1-6-3-2-5-4(6)7/h3H,1H3,(H,5,7). The first-order chi connectivity index (χ1) is 3.30. The third-order valence-corrected chi connectivity index (χ3v) is 0.758. The minimum Gasteiger partial charge on any atom is -0.304 e. The van der Waals surface area contributed by atoms with Crippen molar-refractivity contribution < 1.29 is 0 Å². The van der Waals surface area contributed by atoms with Gasteiger partial charge in [0.2, 0.25) is 0 Å². The number of aryl methyl sites for hydroxylation is 1. The highest BCUT2D eigenvalue weighted by Gasteiger charge is 1.81. The minimum absolute atomic E-state index is 0.125. The average molecular weight is 97.1 g/mol. The van der Waals surface area contributed by atoms with E-state index in [0.29, 0.717) is 0 Å². The molecule has 0 aliphatic rings. The van der Waals surface area contributed by atoms with Crippen molar-refractivity contribution in [2.24, 2.45) is 7.05 Å². The lowest BCUT2D eigenvalue weighted by atomic mass is 10.9. The molecule has 1 radical (unpaired) electrons. The van der Waals surface area contributed by atoms with Gasteiger partial charge in [-0.1, -0.05) is 0 Å². The van der Waals surface area contributed by atoms with E-state index >= 15 is 0 Å². The van der Waals surface area contributed by atoms with Crippen LogP contribution in [0.1, 0.15) is 0 Å². The highest BCUT2D eigenvalue weighted by atomic mass is 16.1. The van der Waals surface area contributed by atoms with E-state index in [1.165, 1.54) is 4.57 Å². The number of H-pyrrole nitrogens is 1. The average Bonchev–Trinajstić information content (AvgIpc) is 1.91. The van der Waals surface area contributed by atoms with Crippen molar-refractivity contribution in [3.05, 3.63) is 22.9 Å². The van der Waals surface area contributed by atoms with Crippen LogP contribution in [0.5, 0.6) is 0 Å². The topological polar surface area (TPSA) is 37.8 Å². The van der Waals surface area contributed by atoms with Crippen molar-refractivity contribution >= 4 is 0 Å². The quantitative estimate of drug-likeness (QED) is 0.466. The number of imidazole rings is 1. The molecule has 0 fully saturated rings. The lowest BCUT2D eigenvalue weighted by molar-refractivity contribution is 0.862. The van der Waals surface area contributed by atoms with Crippen LogP contribution >= 0.6 is 0 Å². The summed E-state index contributed by atoms with van der Waals surface area (Å²) in [5.41, 5.74) is -0.125. The molecule has 0 saturated heterocycles. The van der Waals surface area contributed by atoms with Gasteiger partial charge in [-0.25, -0.2) is 4.79 Å². The number of nitrogens with zero attached hydrogens (tertiary/aromatic N) is 1. The fourth-order valence-electron chi connectivity index (χ4n) is 0.338. The van der Waals surface area contributed by atoms with Gasteiger partial charge in [-0.3, -0.25) is 0 Å². The Hall–Kier alpha value is -0.990. The van der Waals surface area contributed by atoms with Crippen LogP contribution in [0.3, 0.4) is 0 Å². The van der Waals surface area contributed by atoms with Gasteiger partial charge in [-0.15, -0.1) is 0 Å². The Morgan fingerprint density at radius 3 is 2.86 bits per heavy atom. The van der Waals surface area contributed by atoms with Crippen LogP contribution in [0.2, 0.25) is 0 Å². The Bertz CT molecular complexity index is 197. The molecule has 1 aromatic rings. The van der Waals surface area contributed by atoms with Crippen LogP contribution in [-0.4, -0.2) is 9.55 Å². The third kappa shape index (κ3) is 0.559. The van der Waals surface area contributed by atoms with Crippen LogP contribution in [0, 0.1) is 6.20 Å². The summed E-state index contributed by atoms with van der Waals surface area (Å²) in [6, 6.07) is 0. The lowest BCUT2D eigenvalue weighted by Crippen LogP contribution is -2.10. The van der Waals surface area contributed by atoms with Crippen molar-refractivity contribution in [2.45, 2.75) is 0 Å². The van der Waals surface area contributed by atoms with E-state index in [0.717, 1.165) is 0 Å². The minimum atomic E-state index is -0.125. The summed E-state index contributed by atoms with van der Waals surface area (Å²) in [7, 11) is 1.66. The van der Waals surface area contributed by atoms with Crippen molar-refractivity contribution in [1.82, 2.24) is 9.55 Å². The van der Waals surface area contributed by atoms with Crippen LogP contribution in [0.4, 0.5) is 0 Å². The molecular weight excluding hydrogens is 92.1 g/mol. The summed E-state index contributed by atoms with van der Waals surface area (Å²) < 4.78 is 1.42. The molecule has 0 aromatic carbocycles. The Morgan fingerprint density at radius 1 is 2.00 bits per heavy atom. The van der Waals surface area contributed by atoms with E-state index in [4.69, 9.17) is 0 Å². The Kier molecular flexibility index (Phi) is 0.749. The third-order valence-electron chi connectivity index (χ3n) is 0.758. The molecule has 37 valence electrons. The van der Waals surface area contributed by atoms with Crippen LogP contribution in [0.25, 0.3) is 0 Å². The molecule has 1 N–H and O–H groups in total. The first-order valence-corrected chi connectivity index (χ1v) is 1.92. The molecule has 0 bridgehead atoms. The fourth-order valence-corrected chi connectivity index (χ4v) is 0.338.